The third-order valence-electron chi connectivity index (χ3n) is 5.21. The van der Waals surface area contributed by atoms with Crippen LogP contribution in [0.15, 0.2) is 69.4 Å². The van der Waals surface area contributed by atoms with E-state index in [1.54, 1.807) is 18.9 Å². The molecule has 1 saturated heterocycles. The third-order valence-corrected chi connectivity index (χ3v) is 6.22. The van der Waals surface area contributed by atoms with Crippen LogP contribution in [0.5, 0.6) is 0 Å². The third kappa shape index (κ3) is 9.39. The minimum atomic E-state index is 0. The molecular formula is C24H35IN4OS. The number of piperidine rings is 1. The molecule has 7 heteroatoms. The summed E-state index contributed by atoms with van der Waals surface area (Å²) >= 11 is 1.78. The fourth-order valence-corrected chi connectivity index (χ4v) is 4.33. The van der Waals surface area contributed by atoms with Gasteiger partial charge in [-0.2, -0.15) is 0 Å². The molecule has 0 radical (unpaired) electrons. The summed E-state index contributed by atoms with van der Waals surface area (Å²) < 4.78 is 5.19. The molecule has 0 spiro atoms. The van der Waals surface area contributed by atoms with Gasteiger partial charge < -0.3 is 20.3 Å². The van der Waals surface area contributed by atoms with Gasteiger partial charge in [0, 0.05) is 49.1 Å². The van der Waals surface area contributed by atoms with Crippen LogP contribution in [0.3, 0.4) is 0 Å². The lowest BCUT2D eigenvalue weighted by Crippen LogP contribution is -2.49. The van der Waals surface area contributed by atoms with E-state index in [0.29, 0.717) is 12.6 Å². The molecule has 0 bridgehead atoms. The van der Waals surface area contributed by atoms with E-state index in [0.717, 1.165) is 51.6 Å². The van der Waals surface area contributed by atoms with Crippen LogP contribution < -0.4 is 10.6 Å². The van der Waals surface area contributed by atoms with Gasteiger partial charge in [-0.1, -0.05) is 42.1 Å². The minimum Gasteiger partial charge on any atom is -0.383 e. The topological polar surface area (TPSA) is 48.9 Å². The van der Waals surface area contributed by atoms with Gasteiger partial charge in [-0.25, -0.2) is 4.99 Å². The molecule has 31 heavy (non-hydrogen) atoms. The fourth-order valence-electron chi connectivity index (χ4n) is 3.49. The highest BCUT2D eigenvalue weighted by Crippen LogP contribution is 2.27. The molecule has 0 atom stereocenters. The molecule has 0 unspecified atom stereocenters. The van der Waals surface area contributed by atoms with Crippen LogP contribution in [-0.2, 0) is 11.3 Å². The average Bonchev–Trinajstić information content (AvgIpc) is 2.79. The van der Waals surface area contributed by atoms with E-state index in [4.69, 9.17) is 9.73 Å². The van der Waals surface area contributed by atoms with E-state index in [-0.39, 0.29) is 24.0 Å². The summed E-state index contributed by atoms with van der Waals surface area (Å²) in [6.07, 6.45) is 2.28. The van der Waals surface area contributed by atoms with Crippen molar-refractivity contribution < 1.29 is 4.74 Å². The van der Waals surface area contributed by atoms with Crippen molar-refractivity contribution in [3.05, 3.63) is 60.2 Å². The van der Waals surface area contributed by atoms with E-state index in [1.165, 1.54) is 15.4 Å². The summed E-state index contributed by atoms with van der Waals surface area (Å²) in [5.41, 5.74) is 1.22. The van der Waals surface area contributed by atoms with E-state index >= 15 is 0 Å². The highest BCUT2D eigenvalue weighted by molar-refractivity contribution is 14.0. The molecule has 2 aromatic carbocycles. The minimum absolute atomic E-state index is 0. The molecule has 1 fully saturated rings. The lowest BCUT2D eigenvalue weighted by atomic mass is 10.1. The molecule has 1 heterocycles. The highest BCUT2D eigenvalue weighted by atomic mass is 127. The number of nitrogens with zero attached hydrogens (tertiary/aromatic N) is 2. The van der Waals surface area contributed by atoms with Crippen LogP contribution in [0.1, 0.15) is 25.3 Å². The molecule has 2 aromatic rings. The van der Waals surface area contributed by atoms with E-state index in [9.17, 15) is 0 Å². The Hall–Kier alpha value is -1.29. The van der Waals surface area contributed by atoms with Gasteiger partial charge in [0.1, 0.15) is 0 Å². The second kappa shape index (κ2) is 14.7. The monoisotopic (exact) mass is 554 g/mol. The zero-order valence-corrected chi connectivity index (χ0v) is 21.7. The predicted octanol–water partition coefficient (Wildman–Crippen LogP) is 4.62. The van der Waals surface area contributed by atoms with Crippen LogP contribution in [0.2, 0.25) is 0 Å². The first-order chi connectivity index (χ1) is 14.8. The molecule has 0 saturated carbocycles. The van der Waals surface area contributed by atoms with E-state index < -0.39 is 0 Å². The highest BCUT2D eigenvalue weighted by Gasteiger charge is 2.19. The van der Waals surface area contributed by atoms with Crippen LogP contribution in [0.4, 0.5) is 0 Å². The van der Waals surface area contributed by atoms with Crippen molar-refractivity contribution >= 4 is 41.7 Å². The largest absolute Gasteiger partial charge is 0.383 e. The van der Waals surface area contributed by atoms with Gasteiger partial charge in [0.05, 0.1) is 13.2 Å². The Morgan fingerprint density at radius 1 is 1.06 bits per heavy atom. The first kappa shape index (κ1) is 26.0. The number of halogens is 1. The number of hydrogen-bond acceptors (Lipinski definition) is 4. The Bertz CT molecular complexity index is 765. The van der Waals surface area contributed by atoms with Gasteiger partial charge in [-0.3, -0.25) is 0 Å². The second-order valence-electron chi connectivity index (χ2n) is 7.51. The Morgan fingerprint density at radius 2 is 1.74 bits per heavy atom. The standard InChI is InChI=1S/C24H34N4OS.HI/c1-3-25-24(27-21-13-15-28(16-14-21)17-18-29-2)26-19-20-9-11-23(12-10-20)30-22-7-5-4-6-8-22;/h4-12,21H,3,13-19H2,1-2H3,(H2,25,26,27);1H. The molecule has 0 aliphatic carbocycles. The summed E-state index contributed by atoms with van der Waals surface area (Å²) in [6, 6.07) is 19.7. The zero-order chi connectivity index (χ0) is 21.0. The maximum absolute atomic E-state index is 5.19. The molecule has 0 aromatic heterocycles. The van der Waals surface area contributed by atoms with Crippen molar-refractivity contribution in [1.29, 1.82) is 0 Å². The summed E-state index contributed by atoms with van der Waals surface area (Å²) in [7, 11) is 1.77. The van der Waals surface area contributed by atoms with E-state index in [1.807, 2.05) is 6.07 Å². The lowest BCUT2D eigenvalue weighted by molar-refractivity contribution is 0.128. The maximum Gasteiger partial charge on any atom is 0.191 e. The molecule has 170 valence electrons. The smallest absolute Gasteiger partial charge is 0.191 e. The Labute approximate surface area is 208 Å². The van der Waals surface area contributed by atoms with Crippen molar-refractivity contribution in [1.82, 2.24) is 15.5 Å². The Balaban J connectivity index is 0.00000341. The number of guanidine groups is 1. The van der Waals surface area contributed by atoms with Crippen molar-refractivity contribution in [3.63, 3.8) is 0 Å². The van der Waals surface area contributed by atoms with Crippen LogP contribution >= 0.6 is 35.7 Å². The number of aliphatic imine (C=N–C) groups is 1. The van der Waals surface area contributed by atoms with Crippen molar-refractivity contribution in [2.24, 2.45) is 4.99 Å². The molecule has 3 rings (SSSR count). The number of ether oxygens (including phenoxy) is 1. The maximum atomic E-state index is 5.19. The van der Waals surface area contributed by atoms with Gasteiger partial charge >= 0.3 is 0 Å². The molecule has 1 aliphatic heterocycles. The van der Waals surface area contributed by atoms with Crippen molar-refractivity contribution in [2.75, 3.05) is 39.9 Å². The SMILES string of the molecule is CCNC(=NCc1ccc(Sc2ccccc2)cc1)NC1CCN(CCOC)CC1.I. The zero-order valence-electron chi connectivity index (χ0n) is 18.5. The quantitative estimate of drug-likeness (QED) is 0.269. The molecule has 1 aliphatic rings. The van der Waals surface area contributed by atoms with E-state index in [2.05, 4.69) is 71.0 Å². The summed E-state index contributed by atoms with van der Waals surface area (Å²) in [4.78, 5) is 9.80. The van der Waals surface area contributed by atoms with Gasteiger partial charge in [0.2, 0.25) is 0 Å². The summed E-state index contributed by atoms with van der Waals surface area (Å²) in [5, 5.41) is 7.02. The van der Waals surface area contributed by atoms with Crippen LogP contribution in [0.25, 0.3) is 0 Å². The van der Waals surface area contributed by atoms with Gasteiger partial charge in [-0.15, -0.1) is 24.0 Å². The van der Waals surface area contributed by atoms with Crippen molar-refractivity contribution in [3.8, 4) is 0 Å². The number of hydrogen-bond donors (Lipinski definition) is 2. The summed E-state index contributed by atoms with van der Waals surface area (Å²) in [6.45, 7) is 7.71. The number of nitrogens with one attached hydrogen (secondary N) is 2. The van der Waals surface area contributed by atoms with Crippen LogP contribution in [0, 0.1) is 0 Å². The Morgan fingerprint density at radius 3 is 2.39 bits per heavy atom. The normalized spacial score (nSPS) is 15.4. The lowest BCUT2D eigenvalue weighted by Gasteiger charge is -2.32. The number of likely N-dealkylation sites (tertiary alicyclic amines) is 1. The number of methoxy groups -OCH3 is 1. The molecule has 5 nitrogen and oxygen atoms in total. The van der Waals surface area contributed by atoms with Gasteiger partial charge in [0.25, 0.3) is 0 Å². The van der Waals surface area contributed by atoms with Crippen LogP contribution in [-0.4, -0.2) is 56.8 Å². The fraction of sp³-hybridized carbons (Fsp3) is 0.458. The van der Waals surface area contributed by atoms with Gasteiger partial charge in [-0.05, 0) is 49.6 Å². The molecule has 0 amide bonds. The number of benzene rings is 2. The number of rotatable bonds is 9. The first-order valence-electron chi connectivity index (χ1n) is 10.8. The predicted molar refractivity (Wildman–Crippen MR) is 142 cm³/mol. The first-order valence-corrected chi connectivity index (χ1v) is 11.7. The average molecular weight is 555 g/mol. The van der Waals surface area contributed by atoms with Crippen molar-refractivity contribution in [2.45, 2.75) is 42.1 Å². The summed E-state index contributed by atoms with van der Waals surface area (Å²) in [5.74, 6) is 0.913. The second-order valence-corrected chi connectivity index (χ2v) is 8.65. The molecule has 2 N–H and O–H groups in total. The van der Waals surface area contributed by atoms with Gasteiger partial charge in [0.15, 0.2) is 5.96 Å². The molecular weight excluding hydrogens is 519 g/mol. The Kier molecular flexibility index (Phi) is 12.3.